The van der Waals surface area contributed by atoms with E-state index in [4.69, 9.17) is 9.72 Å². The lowest BCUT2D eigenvalue weighted by atomic mass is 9.87. The number of fused-ring (bicyclic) bond motifs is 1. The molecule has 0 radical (unpaired) electrons. The summed E-state index contributed by atoms with van der Waals surface area (Å²) in [7, 11) is 0. The molecule has 2 aliphatic heterocycles. The molecular formula is C21H32N4O3S. The molecular weight excluding hydrogens is 388 g/mol. The Kier molecular flexibility index (Phi) is 5.44. The van der Waals surface area contributed by atoms with E-state index < -0.39 is 23.5 Å². The summed E-state index contributed by atoms with van der Waals surface area (Å²) >= 11 is 1.53. The highest BCUT2D eigenvalue weighted by molar-refractivity contribution is 7.98. The second-order valence-electron chi connectivity index (χ2n) is 9.45. The Morgan fingerprint density at radius 3 is 2.69 bits per heavy atom. The zero-order valence-corrected chi connectivity index (χ0v) is 18.7. The predicted molar refractivity (Wildman–Crippen MR) is 113 cm³/mol. The van der Waals surface area contributed by atoms with E-state index in [1.54, 1.807) is 0 Å². The average molecular weight is 421 g/mol. The topological polar surface area (TPSA) is 78.8 Å². The number of anilines is 1. The second kappa shape index (κ2) is 7.61. The highest BCUT2D eigenvalue weighted by atomic mass is 32.2. The SMILES string of the molecule is CSc1ncc2c(n1)N(C1CCCCC1)[C@]1(CCN(C(=O)OC(C)(C)C)C1O)C2. The molecule has 1 aromatic rings. The number of rotatable bonds is 2. The Morgan fingerprint density at radius 2 is 2.03 bits per heavy atom. The third kappa shape index (κ3) is 3.69. The van der Waals surface area contributed by atoms with E-state index in [2.05, 4.69) is 9.88 Å². The number of hydrogen-bond donors (Lipinski definition) is 1. The molecule has 2 fully saturated rings. The van der Waals surface area contributed by atoms with Crippen molar-refractivity contribution in [2.24, 2.45) is 0 Å². The summed E-state index contributed by atoms with van der Waals surface area (Å²) in [5.74, 6) is 0.946. The van der Waals surface area contributed by atoms with Gasteiger partial charge in [-0.3, -0.25) is 4.90 Å². The van der Waals surface area contributed by atoms with Crippen LogP contribution in [0, 0.1) is 0 Å². The number of aliphatic hydroxyl groups excluding tert-OH is 1. The first-order chi connectivity index (χ1) is 13.7. The Morgan fingerprint density at radius 1 is 1.31 bits per heavy atom. The van der Waals surface area contributed by atoms with Crippen LogP contribution in [0.1, 0.15) is 64.9 Å². The smallest absolute Gasteiger partial charge is 0.412 e. The molecule has 1 amide bonds. The number of nitrogens with zero attached hydrogens (tertiary/aromatic N) is 4. The Labute approximate surface area is 177 Å². The fourth-order valence-corrected chi connectivity index (χ4v) is 5.44. The van der Waals surface area contributed by atoms with E-state index >= 15 is 0 Å². The van der Waals surface area contributed by atoms with Crippen LogP contribution >= 0.6 is 11.8 Å². The Hall–Kier alpha value is -1.54. The van der Waals surface area contributed by atoms with Crippen molar-refractivity contribution in [1.29, 1.82) is 0 Å². The van der Waals surface area contributed by atoms with Crippen molar-refractivity contribution >= 4 is 23.7 Å². The largest absolute Gasteiger partial charge is 0.444 e. The van der Waals surface area contributed by atoms with Gasteiger partial charge in [0.15, 0.2) is 11.4 Å². The zero-order valence-electron chi connectivity index (χ0n) is 17.8. The van der Waals surface area contributed by atoms with Crippen molar-refractivity contribution in [3.8, 4) is 0 Å². The van der Waals surface area contributed by atoms with Gasteiger partial charge in [0.1, 0.15) is 11.4 Å². The molecule has 1 saturated heterocycles. The number of carbonyl (C=O) groups is 1. The van der Waals surface area contributed by atoms with Crippen LogP contribution in [0.2, 0.25) is 0 Å². The summed E-state index contributed by atoms with van der Waals surface area (Å²) in [6.07, 6.45) is 9.71. The number of aromatic nitrogens is 2. The van der Waals surface area contributed by atoms with Crippen LogP contribution in [0.4, 0.5) is 10.6 Å². The summed E-state index contributed by atoms with van der Waals surface area (Å²) in [6, 6.07) is 0.336. The number of ether oxygens (including phenoxy) is 1. The summed E-state index contributed by atoms with van der Waals surface area (Å²) in [4.78, 5) is 25.9. The van der Waals surface area contributed by atoms with E-state index in [0.717, 1.165) is 29.4 Å². The van der Waals surface area contributed by atoms with E-state index in [9.17, 15) is 9.90 Å². The third-order valence-corrected chi connectivity index (χ3v) is 6.90. The van der Waals surface area contributed by atoms with Gasteiger partial charge in [0.2, 0.25) is 0 Å². The van der Waals surface area contributed by atoms with Crippen LogP contribution in [0.3, 0.4) is 0 Å². The number of hydrogen-bond acceptors (Lipinski definition) is 7. The number of thioether (sulfide) groups is 1. The fourth-order valence-electron chi connectivity index (χ4n) is 5.11. The van der Waals surface area contributed by atoms with Gasteiger partial charge in [-0.2, -0.15) is 0 Å². The first kappa shape index (κ1) is 20.7. The normalized spacial score (nSPS) is 27.6. The minimum Gasteiger partial charge on any atom is -0.444 e. The van der Waals surface area contributed by atoms with Gasteiger partial charge in [0, 0.05) is 30.8 Å². The van der Waals surface area contributed by atoms with E-state index in [1.165, 1.54) is 35.9 Å². The molecule has 8 heteroatoms. The molecule has 0 aromatic carbocycles. The molecule has 7 nitrogen and oxygen atoms in total. The maximum absolute atomic E-state index is 12.8. The first-order valence-electron chi connectivity index (χ1n) is 10.6. The zero-order chi connectivity index (χ0) is 20.8. The van der Waals surface area contributed by atoms with Crippen LogP contribution in [0.5, 0.6) is 0 Å². The van der Waals surface area contributed by atoms with Gasteiger partial charge in [0.05, 0.1) is 5.54 Å². The summed E-state index contributed by atoms with van der Waals surface area (Å²) in [6.45, 7) is 6.03. The molecule has 1 N–H and O–H groups in total. The van der Waals surface area contributed by atoms with Gasteiger partial charge < -0.3 is 14.7 Å². The molecule has 3 aliphatic rings. The van der Waals surface area contributed by atoms with Crippen molar-refractivity contribution in [3.05, 3.63) is 11.8 Å². The molecule has 1 aliphatic carbocycles. The Bertz CT molecular complexity index is 778. The number of amides is 1. The monoisotopic (exact) mass is 420 g/mol. The summed E-state index contributed by atoms with van der Waals surface area (Å²) < 4.78 is 5.57. The highest BCUT2D eigenvalue weighted by Crippen LogP contribution is 2.49. The Balaban J connectivity index is 1.69. The summed E-state index contributed by atoms with van der Waals surface area (Å²) in [5, 5.41) is 12.2. The molecule has 3 heterocycles. The van der Waals surface area contributed by atoms with E-state index in [0.29, 0.717) is 25.4 Å². The third-order valence-electron chi connectivity index (χ3n) is 6.34. The molecule has 0 bridgehead atoms. The second-order valence-corrected chi connectivity index (χ2v) is 10.2. The maximum Gasteiger partial charge on any atom is 0.412 e. The standard InChI is InChI=1S/C21H32N4O3S/c1-20(2,3)28-19(27)24-11-10-21(17(24)26)12-14-13-22-18(29-4)23-16(14)25(21)15-8-6-5-7-9-15/h13,15,17,26H,5-12H2,1-4H3/t17?,21-/m1/s1. The van der Waals surface area contributed by atoms with Gasteiger partial charge in [-0.15, -0.1) is 0 Å². The van der Waals surface area contributed by atoms with Crippen LogP contribution in [-0.4, -0.2) is 62.3 Å². The lowest BCUT2D eigenvalue weighted by molar-refractivity contribution is -0.0328. The predicted octanol–water partition coefficient (Wildman–Crippen LogP) is 3.59. The van der Waals surface area contributed by atoms with Crippen molar-refractivity contribution < 1.29 is 14.6 Å². The molecule has 29 heavy (non-hydrogen) atoms. The number of likely N-dealkylation sites (tertiary alicyclic amines) is 1. The van der Waals surface area contributed by atoms with Gasteiger partial charge >= 0.3 is 6.09 Å². The molecule has 1 saturated carbocycles. The lowest BCUT2D eigenvalue weighted by Gasteiger charge is -2.45. The van der Waals surface area contributed by atoms with Crippen molar-refractivity contribution in [1.82, 2.24) is 14.9 Å². The van der Waals surface area contributed by atoms with Crippen LogP contribution < -0.4 is 4.90 Å². The van der Waals surface area contributed by atoms with Gasteiger partial charge in [0.25, 0.3) is 0 Å². The highest BCUT2D eigenvalue weighted by Gasteiger charge is 2.58. The van der Waals surface area contributed by atoms with Crippen molar-refractivity contribution in [2.45, 2.75) is 94.3 Å². The van der Waals surface area contributed by atoms with Gasteiger partial charge in [-0.1, -0.05) is 31.0 Å². The molecule has 1 unspecified atom stereocenters. The van der Waals surface area contributed by atoms with Crippen LogP contribution in [0.15, 0.2) is 11.4 Å². The van der Waals surface area contributed by atoms with Crippen molar-refractivity contribution in [3.63, 3.8) is 0 Å². The van der Waals surface area contributed by atoms with Crippen molar-refractivity contribution in [2.75, 3.05) is 17.7 Å². The molecule has 4 rings (SSSR count). The van der Waals surface area contributed by atoms with Gasteiger partial charge in [-0.25, -0.2) is 14.8 Å². The number of carbonyl (C=O) groups excluding carboxylic acids is 1. The quantitative estimate of drug-likeness (QED) is 0.578. The lowest BCUT2D eigenvalue weighted by Crippen LogP contribution is -2.60. The molecule has 160 valence electrons. The molecule has 1 spiro atoms. The maximum atomic E-state index is 12.8. The minimum atomic E-state index is -0.925. The minimum absolute atomic E-state index is 0.336. The summed E-state index contributed by atoms with van der Waals surface area (Å²) in [5.41, 5.74) is -0.0709. The van der Waals surface area contributed by atoms with Crippen LogP contribution in [-0.2, 0) is 11.2 Å². The molecule has 1 aromatic heterocycles. The van der Waals surface area contributed by atoms with E-state index in [1.807, 2.05) is 33.2 Å². The molecule has 2 atom stereocenters. The van der Waals surface area contributed by atoms with Gasteiger partial charge in [-0.05, 0) is 46.3 Å². The fraction of sp³-hybridized carbons (Fsp3) is 0.762. The number of aliphatic hydroxyl groups is 1. The van der Waals surface area contributed by atoms with E-state index in [-0.39, 0.29) is 0 Å². The average Bonchev–Trinajstić information content (AvgIpc) is 3.18. The first-order valence-corrected chi connectivity index (χ1v) is 11.8. The van der Waals surface area contributed by atoms with Crippen LogP contribution in [0.25, 0.3) is 0 Å².